The molecule has 0 aromatic heterocycles. The summed E-state index contributed by atoms with van der Waals surface area (Å²) in [5.74, 6) is 0.913. The van der Waals surface area contributed by atoms with Crippen molar-refractivity contribution in [3.63, 3.8) is 0 Å². The van der Waals surface area contributed by atoms with Crippen molar-refractivity contribution in [1.29, 1.82) is 0 Å². The number of hydrogen-bond acceptors (Lipinski definition) is 4. The Morgan fingerprint density at radius 1 is 1.06 bits per heavy atom. The first kappa shape index (κ1) is 22.4. The lowest BCUT2D eigenvalue weighted by Gasteiger charge is -2.36. The van der Waals surface area contributed by atoms with Gasteiger partial charge in [0.1, 0.15) is 0 Å². The Hall–Kier alpha value is -3.32. The largest absolute Gasteiger partial charge is 0.453 e. The highest BCUT2D eigenvalue weighted by atomic mass is 16.5. The summed E-state index contributed by atoms with van der Waals surface area (Å²) in [4.78, 5) is 20.5. The van der Waals surface area contributed by atoms with Crippen molar-refractivity contribution < 1.29 is 9.53 Å². The first-order valence-corrected chi connectivity index (χ1v) is 10.5. The molecule has 164 valence electrons. The molecule has 2 aromatic rings. The summed E-state index contributed by atoms with van der Waals surface area (Å²) in [6.45, 7) is 5.54. The molecular weight excluding hydrogens is 390 g/mol. The predicted molar refractivity (Wildman–Crippen MR) is 126 cm³/mol. The molecule has 1 fully saturated rings. The zero-order valence-corrected chi connectivity index (χ0v) is 18.3. The van der Waals surface area contributed by atoms with E-state index in [0.29, 0.717) is 12.2 Å². The highest BCUT2D eigenvalue weighted by Gasteiger charge is 2.18. The topological polar surface area (TPSA) is 69.2 Å². The van der Waals surface area contributed by atoms with Gasteiger partial charge in [-0.1, -0.05) is 54.6 Å². The molecule has 3 rings (SSSR count). The fourth-order valence-corrected chi connectivity index (χ4v) is 3.43. The number of nitrogens with one attached hydrogen (secondary N) is 2. The molecule has 0 bridgehead atoms. The molecule has 31 heavy (non-hydrogen) atoms. The zero-order chi connectivity index (χ0) is 21.9. The van der Waals surface area contributed by atoms with Gasteiger partial charge in [0.2, 0.25) is 0 Å². The van der Waals surface area contributed by atoms with Crippen molar-refractivity contribution >= 4 is 23.8 Å². The van der Waals surface area contributed by atoms with Gasteiger partial charge < -0.3 is 15.0 Å². The Labute approximate surface area is 184 Å². The predicted octanol–water partition coefficient (Wildman–Crippen LogP) is 3.27. The van der Waals surface area contributed by atoms with Crippen LogP contribution in [0.25, 0.3) is 6.08 Å². The van der Waals surface area contributed by atoms with Crippen molar-refractivity contribution in [3.8, 4) is 0 Å². The molecule has 0 unspecified atom stereocenters. The number of carbonyl (C=O) groups excluding carboxylic acids is 1. The lowest BCUT2D eigenvalue weighted by molar-refractivity contribution is 0.187. The second-order valence-corrected chi connectivity index (χ2v) is 7.31. The van der Waals surface area contributed by atoms with Crippen LogP contribution in [-0.2, 0) is 11.3 Å². The molecule has 7 heteroatoms. The number of rotatable bonds is 6. The van der Waals surface area contributed by atoms with E-state index in [0.717, 1.165) is 44.2 Å². The number of nitrogens with zero attached hydrogens (tertiary/aromatic N) is 3. The van der Waals surface area contributed by atoms with Crippen LogP contribution in [-0.4, -0.2) is 68.7 Å². The lowest BCUT2D eigenvalue weighted by atomic mass is 10.2. The van der Waals surface area contributed by atoms with E-state index in [1.807, 2.05) is 37.4 Å². The zero-order valence-electron chi connectivity index (χ0n) is 18.3. The molecule has 1 aliphatic heterocycles. The summed E-state index contributed by atoms with van der Waals surface area (Å²) < 4.78 is 4.60. The lowest BCUT2D eigenvalue weighted by Crippen LogP contribution is -2.52. The van der Waals surface area contributed by atoms with Crippen LogP contribution in [0.5, 0.6) is 0 Å². The Kier molecular flexibility index (Phi) is 8.48. The van der Waals surface area contributed by atoms with Crippen molar-refractivity contribution in [2.24, 2.45) is 4.99 Å². The summed E-state index contributed by atoms with van der Waals surface area (Å²) in [5.41, 5.74) is 3.05. The summed E-state index contributed by atoms with van der Waals surface area (Å²) in [5, 5.41) is 6.09. The average Bonchev–Trinajstić information content (AvgIpc) is 2.82. The van der Waals surface area contributed by atoms with E-state index in [-0.39, 0.29) is 0 Å². The van der Waals surface area contributed by atoms with Crippen LogP contribution >= 0.6 is 0 Å². The number of anilines is 1. The summed E-state index contributed by atoms with van der Waals surface area (Å²) >= 11 is 0. The van der Waals surface area contributed by atoms with Crippen molar-refractivity contribution in [3.05, 3.63) is 71.8 Å². The average molecular weight is 422 g/mol. The molecule has 0 saturated carbocycles. The third-order valence-electron chi connectivity index (χ3n) is 5.19. The highest BCUT2D eigenvalue weighted by Crippen LogP contribution is 2.10. The van der Waals surface area contributed by atoms with Crippen LogP contribution in [0.2, 0.25) is 0 Å². The van der Waals surface area contributed by atoms with E-state index < -0.39 is 6.09 Å². The Bertz CT molecular complexity index is 873. The number of aliphatic imine (C=N–C) groups is 1. The van der Waals surface area contributed by atoms with E-state index in [1.165, 1.54) is 12.7 Å². The number of guanidine groups is 1. The molecule has 1 aliphatic rings. The molecule has 0 spiro atoms. The second kappa shape index (κ2) is 11.8. The van der Waals surface area contributed by atoms with Gasteiger partial charge in [0.15, 0.2) is 5.96 Å². The van der Waals surface area contributed by atoms with Crippen LogP contribution in [0, 0.1) is 0 Å². The van der Waals surface area contributed by atoms with Gasteiger partial charge in [-0.15, -0.1) is 0 Å². The molecule has 7 nitrogen and oxygen atoms in total. The van der Waals surface area contributed by atoms with E-state index in [9.17, 15) is 4.79 Å². The number of ether oxygens (including phenoxy) is 1. The van der Waals surface area contributed by atoms with Crippen molar-refractivity contribution in [2.45, 2.75) is 6.54 Å². The Morgan fingerprint density at radius 2 is 1.77 bits per heavy atom. The van der Waals surface area contributed by atoms with Crippen LogP contribution in [0.3, 0.4) is 0 Å². The number of hydrogen-bond donors (Lipinski definition) is 2. The van der Waals surface area contributed by atoms with Crippen molar-refractivity contribution in [1.82, 2.24) is 15.1 Å². The first-order valence-electron chi connectivity index (χ1n) is 10.5. The molecule has 1 saturated heterocycles. The molecular formula is C24H31N5O2. The minimum atomic E-state index is -0.471. The molecule has 1 amide bonds. The fraction of sp³-hybridized carbons (Fsp3) is 0.333. The van der Waals surface area contributed by atoms with Crippen molar-refractivity contribution in [2.75, 3.05) is 52.2 Å². The van der Waals surface area contributed by atoms with Crippen LogP contribution < -0.4 is 10.6 Å². The monoisotopic (exact) mass is 421 g/mol. The quantitative estimate of drug-likeness (QED) is 0.553. The minimum Gasteiger partial charge on any atom is -0.453 e. The molecule has 2 N–H and O–H groups in total. The molecule has 0 aliphatic carbocycles. The summed E-state index contributed by atoms with van der Waals surface area (Å²) in [6.07, 6.45) is 3.94. The van der Waals surface area contributed by atoms with E-state index in [1.54, 1.807) is 0 Å². The van der Waals surface area contributed by atoms with E-state index in [2.05, 4.69) is 66.6 Å². The fourth-order valence-electron chi connectivity index (χ4n) is 3.43. The number of amides is 1. The van der Waals surface area contributed by atoms with Crippen LogP contribution in [0.15, 0.2) is 65.7 Å². The molecule has 1 heterocycles. The third kappa shape index (κ3) is 7.15. The highest BCUT2D eigenvalue weighted by molar-refractivity contribution is 5.84. The number of benzene rings is 2. The van der Waals surface area contributed by atoms with Gasteiger partial charge in [-0.3, -0.25) is 15.2 Å². The maximum absolute atomic E-state index is 11.3. The third-order valence-corrected chi connectivity index (χ3v) is 5.19. The maximum atomic E-state index is 11.3. The van der Waals surface area contributed by atoms with Gasteiger partial charge in [-0.05, 0) is 23.3 Å². The van der Waals surface area contributed by atoms with E-state index in [4.69, 9.17) is 0 Å². The smallest absolute Gasteiger partial charge is 0.411 e. The first-order chi connectivity index (χ1) is 15.2. The molecule has 0 atom stereocenters. The van der Waals surface area contributed by atoms with Gasteiger partial charge in [0.05, 0.1) is 7.11 Å². The second-order valence-electron chi connectivity index (χ2n) is 7.31. The van der Waals surface area contributed by atoms with Gasteiger partial charge in [0, 0.05) is 52.0 Å². The Morgan fingerprint density at radius 3 is 2.42 bits per heavy atom. The Balaban J connectivity index is 1.42. The SMILES string of the molecule is CN=C(NCc1ccc(NC(=O)OC)cc1)N1CCN(C/C=C/c2ccccc2)CC1. The van der Waals surface area contributed by atoms with Gasteiger partial charge in [0.25, 0.3) is 0 Å². The maximum Gasteiger partial charge on any atom is 0.411 e. The van der Waals surface area contributed by atoms with Crippen LogP contribution in [0.4, 0.5) is 10.5 Å². The molecule has 0 radical (unpaired) electrons. The van der Waals surface area contributed by atoms with Gasteiger partial charge in [-0.2, -0.15) is 0 Å². The molecule has 2 aromatic carbocycles. The van der Waals surface area contributed by atoms with Crippen LogP contribution in [0.1, 0.15) is 11.1 Å². The minimum absolute atomic E-state index is 0.471. The standard InChI is InChI=1S/C24H31N5O2/c1-25-23(26-19-21-10-12-22(13-11-21)27-24(30)31-2)29-17-15-28(16-18-29)14-6-9-20-7-4-3-5-8-20/h3-13H,14-19H2,1-2H3,(H,25,26)(H,27,30)/b9-6+. The normalized spacial score (nSPS) is 15.2. The van der Waals surface area contributed by atoms with Gasteiger partial charge in [-0.25, -0.2) is 4.79 Å². The van der Waals surface area contributed by atoms with E-state index >= 15 is 0 Å². The van der Waals surface area contributed by atoms with Gasteiger partial charge >= 0.3 is 6.09 Å². The summed E-state index contributed by atoms with van der Waals surface area (Å²) in [6, 6.07) is 18.1. The number of piperazine rings is 1. The number of methoxy groups -OCH3 is 1. The number of carbonyl (C=O) groups is 1. The summed E-state index contributed by atoms with van der Waals surface area (Å²) in [7, 11) is 3.17.